The Balaban J connectivity index is 1.31. The second-order valence-corrected chi connectivity index (χ2v) is 8.44. The zero-order valence-corrected chi connectivity index (χ0v) is 18.0. The van der Waals surface area contributed by atoms with Gasteiger partial charge in [-0.05, 0) is 50.2 Å². The van der Waals surface area contributed by atoms with Crippen LogP contribution in [-0.2, 0) is 23.8 Å². The number of aromatic nitrogens is 4. The lowest BCUT2D eigenvalue weighted by Gasteiger charge is -2.17. The van der Waals surface area contributed by atoms with E-state index in [2.05, 4.69) is 20.6 Å². The lowest BCUT2D eigenvalue weighted by molar-refractivity contribution is -0.137. The fraction of sp³-hybridized carbons (Fsp3) is 0.636. The number of aliphatic hydroxyl groups is 1. The number of H-pyrrole nitrogens is 1. The van der Waals surface area contributed by atoms with Gasteiger partial charge in [-0.2, -0.15) is 18.4 Å². The molecule has 1 amide bonds. The standard InChI is InChI=1S/C22H30F3N5O2/c23-22(24,25)18-7-5-6-16(14-18)15-19(31)10-9-17-11-13-30(21(17)32)12-4-2-1-3-8-20-26-28-29-27-20/h5-7,14,17,19,31H,1-4,8-13,15H2,(H,26,27,28,29)/t17?,19-/m1/s1. The van der Waals surface area contributed by atoms with Crippen molar-refractivity contribution in [3.63, 3.8) is 0 Å². The molecule has 1 aliphatic heterocycles. The van der Waals surface area contributed by atoms with Crippen LogP contribution in [0.4, 0.5) is 13.2 Å². The van der Waals surface area contributed by atoms with Gasteiger partial charge in [0.1, 0.15) is 0 Å². The van der Waals surface area contributed by atoms with Crippen LogP contribution in [0.25, 0.3) is 0 Å². The van der Waals surface area contributed by atoms with Crippen LogP contribution in [0, 0.1) is 5.92 Å². The molecule has 32 heavy (non-hydrogen) atoms. The zero-order valence-electron chi connectivity index (χ0n) is 18.0. The molecular weight excluding hydrogens is 423 g/mol. The van der Waals surface area contributed by atoms with Crippen molar-refractivity contribution in [3.05, 3.63) is 41.2 Å². The number of unbranched alkanes of at least 4 members (excludes halogenated alkanes) is 3. The lowest BCUT2D eigenvalue weighted by Crippen LogP contribution is -2.28. The van der Waals surface area contributed by atoms with E-state index in [-0.39, 0.29) is 18.2 Å². The number of rotatable bonds is 12. The van der Waals surface area contributed by atoms with Gasteiger partial charge in [-0.25, -0.2) is 0 Å². The summed E-state index contributed by atoms with van der Waals surface area (Å²) < 4.78 is 38.5. The van der Waals surface area contributed by atoms with Crippen LogP contribution in [0.1, 0.15) is 61.9 Å². The van der Waals surface area contributed by atoms with Crippen molar-refractivity contribution < 1.29 is 23.1 Å². The highest BCUT2D eigenvalue weighted by Crippen LogP contribution is 2.30. The summed E-state index contributed by atoms with van der Waals surface area (Å²) in [4.78, 5) is 14.5. The summed E-state index contributed by atoms with van der Waals surface area (Å²) >= 11 is 0. The first-order chi connectivity index (χ1) is 15.3. The molecule has 0 radical (unpaired) electrons. The molecule has 0 spiro atoms. The topological polar surface area (TPSA) is 95.0 Å². The number of hydrogen-bond acceptors (Lipinski definition) is 5. The average Bonchev–Trinajstić information content (AvgIpc) is 3.39. The van der Waals surface area contributed by atoms with E-state index in [1.54, 1.807) is 6.07 Å². The predicted molar refractivity (Wildman–Crippen MR) is 111 cm³/mol. The smallest absolute Gasteiger partial charge is 0.393 e. The number of aryl methyl sites for hydroxylation is 1. The van der Waals surface area contributed by atoms with Crippen molar-refractivity contribution in [1.29, 1.82) is 0 Å². The molecule has 0 saturated carbocycles. The van der Waals surface area contributed by atoms with E-state index in [0.717, 1.165) is 69.6 Å². The van der Waals surface area contributed by atoms with Crippen molar-refractivity contribution in [2.75, 3.05) is 13.1 Å². The van der Waals surface area contributed by atoms with E-state index in [4.69, 9.17) is 0 Å². The molecule has 1 fully saturated rings. The van der Waals surface area contributed by atoms with Crippen LogP contribution in [0.2, 0.25) is 0 Å². The minimum absolute atomic E-state index is 0.107. The molecule has 3 rings (SSSR count). The van der Waals surface area contributed by atoms with Crippen LogP contribution in [0.3, 0.4) is 0 Å². The molecule has 2 N–H and O–H groups in total. The van der Waals surface area contributed by atoms with Gasteiger partial charge in [-0.15, -0.1) is 10.2 Å². The Bertz CT molecular complexity index is 844. The van der Waals surface area contributed by atoms with Crippen LogP contribution in [0.5, 0.6) is 0 Å². The van der Waals surface area contributed by atoms with E-state index >= 15 is 0 Å². The molecular formula is C22H30F3N5O2. The fourth-order valence-electron chi connectivity index (χ4n) is 4.16. The van der Waals surface area contributed by atoms with Crippen molar-refractivity contribution in [2.24, 2.45) is 5.92 Å². The van der Waals surface area contributed by atoms with Gasteiger partial charge in [0.2, 0.25) is 5.91 Å². The molecule has 1 aromatic heterocycles. The Morgan fingerprint density at radius 3 is 2.78 bits per heavy atom. The number of nitrogens with one attached hydrogen (secondary N) is 1. The number of alkyl halides is 3. The second-order valence-electron chi connectivity index (χ2n) is 8.44. The quantitative estimate of drug-likeness (QED) is 0.479. The number of carbonyl (C=O) groups is 1. The molecule has 2 aromatic rings. The summed E-state index contributed by atoms with van der Waals surface area (Å²) in [6, 6.07) is 5.04. The molecule has 2 heterocycles. The van der Waals surface area contributed by atoms with Crippen molar-refractivity contribution >= 4 is 5.91 Å². The Kier molecular flexibility index (Phi) is 8.60. The number of benzene rings is 1. The Morgan fingerprint density at radius 1 is 1.22 bits per heavy atom. The Hall–Kier alpha value is -2.49. The maximum atomic E-state index is 12.8. The third kappa shape index (κ3) is 7.29. The number of nitrogens with zero attached hydrogens (tertiary/aromatic N) is 4. The molecule has 10 heteroatoms. The normalized spacial score (nSPS) is 17.8. The van der Waals surface area contributed by atoms with Gasteiger partial charge < -0.3 is 10.0 Å². The van der Waals surface area contributed by atoms with E-state index in [9.17, 15) is 23.1 Å². The van der Waals surface area contributed by atoms with Crippen LogP contribution in [0.15, 0.2) is 24.3 Å². The summed E-state index contributed by atoms with van der Waals surface area (Å²) in [6.07, 6.45) is 1.52. The minimum Gasteiger partial charge on any atom is -0.393 e. The van der Waals surface area contributed by atoms with E-state index in [0.29, 0.717) is 18.4 Å². The molecule has 0 aliphatic carbocycles. The molecule has 176 valence electrons. The summed E-state index contributed by atoms with van der Waals surface area (Å²) in [6.45, 7) is 1.47. The first-order valence-electron chi connectivity index (χ1n) is 11.2. The third-order valence-electron chi connectivity index (χ3n) is 5.95. The van der Waals surface area contributed by atoms with E-state index < -0.39 is 17.8 Å². The predicted octanol–water partition coefficient (Wildman–Crippen LogP) is 3.55. The monoisotopic (exact) mass is 453 g/mol. The first-order valence-corrected chi connectivity index (χ1v) is 11.2. The van der Waals surface area contributed by atoms with Gasteiger partial charge in [0.05, 0.1) is 11.7 Å². The van der Waals surface area contributed by atoms with Crippen LogP contribution >= 0.6 is 0 Å². The number of amides is 1. The Morgan fingerprint density at radius 2 is 2.03 bits per heavy atom. The highest BCUT2D eigenvalue weighted by Gasteiger charge is 2.32. The molecule has 1 unspecified atom stereocenters. The zero-order chi connectivity index (χ0) is 23.0. The number of aliphatic hydroxyl groups excluding tert-OH is 1. The molecule has 0 bridgehead atoms. The van der Waals surface area contributed by atoms with Gasteiger partial charge in [-0.3, -0.25) is 4.79 Å². The SMILES string of the molecule is O=C1C(CC[C@@H](O)Cc2cccc(C(F)(F)F)c2)CCN1CCCCCCc1nn[nH]n1. The number of likely N-dealkylation sites (tertiary alicyclic amines) is 1. The summed E-state index contributed by atoms with van der Waals surface area (Å²) in [5.41, 5.74) is -0.260. The van der Waals surface area contributed by atoms with Gasteiger partial charge >= 0.3 is 6.18 Å². The van der Waals surface area contributed by atoms with Crippen molar-refractivity contribution in [2.45, 2.75) is 70.1 Å². The minimum atomic E-state index is -4.39. The molecule has 1 aromatic carbocycles. The highest BCUT2D eigenvalue weighted by molar-refractivity contribution is 5.80. The fourth-order valence-corrected chi connectivity index (χ4v) is 4.16. The third-order valence-corrected chi connectivity index (χ3v) is 5.95. The van der Waals surface area contributed by atoms with Crippen LogP contribution < -0.4 is 0 Å². The van der Waals surface area contributed by atoms with E-state index in [1.807, 2.05) is 4.90 Å². The van der Waals surface area contributed by atoms with Crippen molar-refractivity contribution in [1.82, 2.24) is 25.5 Å². The maximum absolute atomic E-state index is 12.8. The lowest BCUT2D eigenvalue weighted by atomic mass is 9.96. The van der Waals surface area contributed by atoms with Gasteiger partial charge in [-0.1, -0.05) is 36.3 Å². The number of tetrazole rings is 1. The number of halogens is 3. The Labute approximate surface area is 185 Å². The number of hydrogen-bond donors (Lipinski definition) is 2. The number of aromatic amines is 1. The van der Waals surface area contributed by atoms with Crippen molar-refractivity contribution in [3.8, 4) is 0 Å². The first kappa shape index (κ1) is 24.2. The molecule has 7 nitrogen and oxygen atoms in total. The largest absolute Gasteiger partial charge is 0.416 e. The van der Waals surface area contributed by atoms with Gasteiger partial charge in [0.25, 0.3) is 0 Å². The van der Waals surface area contributed by atoms with Gasteiger partial charge in [0, 0.05) is 25.4 Å². The average molecular weight is 454 g/mol. The summed E-state index contributed by atoms with van der Waals surface area (Å²) in [5.74, 6) is 0.741. The van der Waals surface area contributed by atoms with E-state index in [1.165, 1.54) is 6.07 Å². The highest BCUT2D eigenvalue weighted by atomic mass is 19.4. The maximum Gasteiger partial charge on any atom is 0.416 e. The summed E-state index contributed by atoms with van der Waals surface area (Å²) in [7, 11) is 0. The number of carbonyl (C=O) groups excluding carboxylic acids is 1. The second kappa shape index (κ2) is 11.4. The van der Waals surface area contributed by atoms with Crippen LogP contribution in [-0.4, -0.2) is 55.7 Å². The molecule has 1 aliphatic rings. The summed E-state index contributed by atoms with van der Waals surface area (Å²) in [5, 5.41) is 24.1. The molecule has 1 saturated heterocycles. The molecule has 2 atom stereocenters. The van der Waals surface area contributed by atoms with Gasteiger partial charge in [0.15, 0.2) is 5.82 Å².